The van der Waals surface area contributed by atoms with Crippen molar-refractivity contribution in [2.24, 2.45) is 0 Å². The van der Waals surface area contributed by atoms with E-state index >= 15 is 0 Å². The maximum Gasteiger partial charge on any atom is 0.264 e. The van der Waals surface area contributed by atoms with Crippen LogP contribution in [0.3, 0.4) is 0 Å². The van der Waals surface area contributed by atoms with Gasteiger partial charge in [0, 0.05) is 18.7 Å². The molecule has 2 atom stereocenters. The van der Waals surface area contributed by atoms with Gasteiger partial charge in [0.25, 0.3) is 10.0 Å². The number of amides is 2. The SMILES string of the molecule is CC[C@H](C(=O)N[C@@H](C)CC)N(Cc1ccccc1C)C(=O)CN(c1cc(C)cc(C)c1)S(=O)(=O)c1ccc(OC)c(OC)c1. The number of ether oxygens (including phenoxy) is 2. The summed E-state index contributed by atoms with van der Waals surface area (Å²) in [6.07, 6.45) is 1.09. The van der Waals surface area contributed by atoms with Gasteiger partial charge in [-0.3, -0.25) is 13.9 Å². The number of benzene rings is 3. The number of hydrogen-bond donors (Lipinski definition) is 1. The van der Waals surface area contributed by atoms with Crippen LogP contribution in [0.15, 0.2) is 65.6 Å². The minimum Gasteiger partial charge on any atom is -0.493 e. The summed E-state index contributed by atoms with van der Waals surface area (Å²) in [7, 11) is -1.38. The van der Waals surface area contributed by atoms with Gasteiger partial charge >= 0.3 is 0 Å². The highest BCUT2D eigenvalue weighted by atomic mass is 32.2. The highest BCUT2D eigenvalue weighted by molar-refractivity contribution is 7.92. The minimum absolute atomic E-state index is 0.0610. The summed E-state index contributed by atoms with van der Waals surface area (Å²) in [5, 5.41) is 3.01. The lowest BCUT2D eigenvalue weighted by Crippen LogP contribution is -2.53. The summed E-state index contributed by atoms with van der Waals surface area (Å²) < 4.78 is 40.5. The number of nitrogens with one attached hydrogen (secondary N) is 1. The lowest BCUT2D eigenvalue weighted by molar-refractivity contribution is -0.140. The van der Waals surface area contributed by atoms with Gasteiger partial charge in [0.05, 0.1) is 24.8 Å². The van der Waals surface area contributed by atoms with E-state index in [9.17, 15) is 18.0 Å². The first kappa shape index (κ1) is 34.4. The predicted molar refractivity (Wildman–Crippen MR) is 174 cm³/mol. The van der Waals surface area contributed by atoms with E-state index in [1.165, 1.54) is 37.3 Å². The first-order valence-electron chi connectivity index (χ1n) is 14.8. The Hall–Kier alpha value is -4.05. The van der Waals surface area contributed by atoms with Crippen LogP contribution in [-0.2, 0) is 26.2 Å². The number of methoxy groups -OCH3 is 2. The number of sulfonamides is 1. The summed E-state index contributed by atoms with van der Waals surface area (Å²) in [6, 6.07) is 16.5. The number of anilines is 1. The molecule has 0 aliphatic rings. The first-order valence-corrected chi connectivity index (χ1v) is 16.3. The number of rotatable bonds is 14. The lowest BCUT2D eigenvalue weighted by atomic mass is 10.1. The molecule has 44 heavy (non-hydrogen) atoms. The van der Waals surface area contributed by atoms with Crippen LogP contribution in [0.4, 0.5) is 5.69 Å². The smallest absolute Gasteiger partial charge is 0.264 e. The molecule has 0 fully saturated rings. The van der Waals surface area contributed by atoms with E-state index in [-0.39, 0.29) is 29.1 Å². The van der Waals surface area contributed by atoms with E-state index in [0.29, 0.717) is 17.9 Å². The van der Waals surface area contributed by atoms with E-state index in [1.807, 2.05) is 71.9 Å². The van der Waals surface area contributed by atoms with Crippen molar-refractivity contribution < 1.29 is 27.5 Å². The van der Waals surface area contributed by atoms with Crippen LogP contribution in [0.2, 0.25) is 0 Å². The number of carbonyl (C=O) groups is 2. The summed E-state index contributed by atoms with van der Waals surface area (Å²) in [5.74, 6) is -0.149. The van der Waals surface area contributed by atoms with Crippen molar-refractivity contribution in [2.45, 2.75) is 77.9 Å². The second-order valence-electron chi connectivity index (χ2n) is 11.1. The Morgan fingerprint density at radius 1 is 0.864 bits per heavy atom. The van der Waals surface area contributed by atoms with E-state index in [4.69, 9.17) is 9.47 Å². The van der Waals surface area contributed by atoms with Crippen LogP contribution in [0, 0.1) is 20.8 Å². The minimum atomic E-state index is -4.28. The molecule has 0 saturated carbocycles. The van der Waals surface area contributed by atoms with Gasteiger partial charge in [-0.2, -0.15) is 0 Å². The zero-order chi connectivity index (χ0) is 32.6. The fourth-order valence-corrected chi connectivity index (χ4v) is 6.47. The van der Waals surface area contributed by atoms with Crippen LogP contribution in [0.25, 0.3) is 0 Å². The molecule has 0 aliphatic heterocycles. The second kappa shape index (κ2) is 15.1. The largest absolute Gasteiger partial charge is 0.493 e. The molecule has 0 bridgehead atoms. The molecule has 0 aromatic heterocycles. The molecule has 0 saturated heterocycles. The Morgan fingerprint density at radius 3 is 2.07 bits per heavy atom. The number of nitrogens with zero attached hydrogens (tertiary/aromatic N) is 2. The van der Waals surface area contributed by atoms with E-state index in [2.05, 4.69) is 5.32 Å². The molecule has 9 nitrogen and oxygen atoms in total. The Morgan fingerprint density at radius 2 is 1.50 bits per heavy atom. The monoisotopic (exact) mass is 623 g/mol. The van der Waals surface area contributed by atoms with Crippen LogP contribution in [-0.4, -0.2) is 58.0 Å². The fourth-order valence-electron chi connectivity index (χ4n) is 5.06. The van der Waals surface area contributed by atoms with Crippen LogP contribution >= 0.6 is 0 Å². The van der Waals surface area contributed by atoms with E-state index in [0.717, 1.165) is 33.0 Å². The van der Waals surface area contributed by atoms with Gasteiger partial charge in [-0.1, -0.05) is 44.2 Å². The molecule has 3 aromatic rings. The molecule has 0 radical (unpaired) electrons. The summed E-state index contributed by atoms with van der Waals surface area (Å²) >= 11 is 0. The molecule has 0 heterocycles. The molecule has 0 unspecified atom stereocenters. The van der Waals surface area contributed by atoms with Gasteiger partial charge in [-0.25, -0.2) is 8.42 Å². The quantitative estimate of drug-likeness (QED) is 0.253. The Bertz CT molecular complexity index is 1550. The van der Waals surface area contributed by atoms with E-state index in [1.54, 1.807) is 12.1 Å². The van der Waals surface area contributed by atoms with Crippen LogP contribution in [0.5, 0.6) is 11.5 Å². The highest BCUT2D eigenvalue weighted by Gasteiger charge is 2.34. The Labute approximate surface area is 262 Å². The Kier molecular flexibility index (Phi) is 11.8. The van der Waals surface area contributed by atoms with Gasteiger partial charge in [0.1, 0.15) is 12.6 Å². The highest BCUT2D eigenvalue weighted by Crippen LogP contribution is 2.33. The molecular formula is C34H45N3O6S. The number of aryl methyl sites for hydroxylation is 3. The number of carbonyl (C=O) groups excluding carboxylic acids is 2. The standard InChI is InChI=1S/C34H45N3O6S/c1-9-26(6)35-34(39)30(10-2)36(21-27-14-12-11-13-25(27)5)33(38)22-37(28-18-23(3)17-24(4)19-28)44(40,41)29-15-16-31(42-7)32(20-29)43-8/h11-20,26,30H,9-10,21-22H2,1-8H3,(H,35,39)/t26-,30+/m0/s1. The third-order valence-corrected chi connectivity index (χ3v) is 9.48. The summed E-state index contributed by atoms with van der Waals surface area (Å²) in [4.78, 5) is 29.3. The topological polar surface area (TPSA) is 105 Å². The number of hydrogen-bond acceptors (Lipinski definition) is 6. The van der Waals surface area contributed by atoms with Crippen molar-refractivity contribution in [3.63, 3.8) is 0 Å². The van der Waals surface area contributed by atoms with Gasteiger partial charge in [0.2, 0.25) is 11.8 Å². The zero-order valence-electron chi connectivity index (χ0n) is 27.0. The molecule has 238 valence electrons. The van der Waals surface area contributed by atoms with Crippen molar-refractivity contribution >= 4 is 27.5 Å². The average molecular weight is 624 g/mol. The fraction of sp³-hybridized carbons (Fsp3) is 0.412. The molecule has 1 N–H and O–H groups in total. The van der Waals surface area contributed by atoms with Crippen LogP contribution in [0.1, 0.15) is 55.9 Å². The maximum atomic E-state index is 14.4. The van der Waals surface area contributed by atoms with Gasteiger partial charge in [-0.05, 0) is 87.1 Å². The van der Waals surface area contributed by atoms with Gasteiger partial charge in [0.15, 0.2) is 11.5 Å². The lowest BCUT2D eigenvalue weighted by Gasteiger charge is -2.34. The Balaban J connectivity index is 2.15. The van der Waals surface area contributed by atoms with Crippen molar-refractivity contribution in [1.82, 2.24) is 10.2 Å². The van der Waals surface area contributed by atoms with Crippen molar-refractivity contribution in [3.05, 3.63) is 82.9 Å². The molecule has 3 rings (SSSR count). The zero-order valence-corrected chi connectivity index (χ0v) is 27.8. The second-order valence-corrected chi connectivity index (χ2v) is 12.9. The summed E-state index contributed by atoms with van der Waals surface area (Å²) in [6.45, 7) is 11.1. The maximum absolute atomic E-state index is 14.4. The molecular weight excluding hydrogens is 578 g/mol. The van der Waals surface area contributed by atoms with Gasteiger partial charge < -0.3 is 19.7 Å². The van der Waals surface area contributed by atoms with Crippen molar-refractivity contribution in [3.8, 4) is 11.5 Å². The first-order chi connectivity index (χ1) is 20.9. The van der Waals surface area contributed by atoms with Crippen LogP contribution < -0.4 is 19.1 Å². The molecule has 2 amide bonds. The normalized spacial score (nSPS) is 12.6. The third kappa shape index (κ3) is 8.11. The van der Waals surface area contributed by atoms with Crippen molar-refractivity contribution in [2.75, 3.05) is 25.1 Å². The molecule has 10 heteroatoms. The predicted octanol–water partition coefficient (Wildman–Crippen LogP) is 5.55. The van der Waals surface area contributed by atoms with Gasteiger partial charge in [-0.15, -0.1) is 0 Å². The van der Waals surface area contributed by atoms with E-state index < -0.39 is 28.5 Å². The summed E-state index contributed by atoms with van der Waals surface area (Å²) in [5.41, 5.74) is 3.87. The third-order valence-electron chi connectivity index (χ3n) is 7.71. The molecule has 3 aromatic carbocycles. The molecule has 0 aliphatic carbocycles. The average Bonchev–Trinajstić information content (AvgIpc) is 2.99. The van der Waals surface area contributed by atoms with Crippen molar-refractivity contribution in [1.29, 1.82) is 0 Å². The molecule has 0 spiro atoms.